The molecule has 0 bridgehead atoms. The van der Waals surface area contributed by atoms with Gasteiger partial charge in [0.25, 0.3) is 0 Å². The Kier molecular flexibility index (Phi) is 4.72. The first-order chi connectivity index (χ1) is 15.1. The zero-order chi connectivity index (χ0) is 21.4. The second-order valence-electron chi connectivity index (χ2n) is 7.02. The zero-order valence-electron chi connectivity index (χ0n) is 16.5. The van der Waals surface area contributed by atoms with E-state index in [0.29, 0.717) is 33.5 Å². The molecule has 0 fully saturated rings. The number of furan rings is 1. The van der Waals surface area contributed by atoms with Crippen molar-refractivity contribution in [3.05, 3.63) is 83.6 Å². The summed E-state index contributed by atoms with van der Waals surface area (Å²) in [5, 5.41) is 13.7. The number of hydrogen-bond acceptors (Lipinski definition) is 6. The molecule has 0 radical (unpaired) electrons. The topological polar surface area (TPSA) is 94.1 Å². The maximum atomic E-state index is 6.20. The normalized spacial score (nSPS) is 11.5. The number of anilines is 1. The molecule has 0 amide bonds. The summed E-state index contributed by atoms with van der Waals surface area (Å²) < 4.78 is 7.26. The molecule has 2 N–H and O–H groups in total. The summed E-state index contributed by atoms with van der Waals surface area (Å²) in [6.07, 6.45) is 1.61. The number of aryl methyl sites for hydroxylation is 1. The van der Waals surface area contributed by atoms with Crippen LogP contribution in [0.15, 0.2) is 87.6 Å². The molecule has 3 aromatic heterocycles. The first-order valence-corrected chi connectivity index (χ1v) is 9.94. The number of nitrogens with two attached hydrogens (primary N) is 1. The van der Waals surface area contributed by atoms with E-state index in [0.717, 1.165) is 11.3 Å². The zero-order valence-corrected chi connectivity index (χ0v) is 17.3. The number of nitrogen functional groups attached to an aromatic ring is 1. The van der Waals surface area contributed by atoms with Crippen LogP contribution in [0, 0.1) is 6.92 Å². The lowest BCUT2D eigenvalue weighted by Crippen LogP contribution is -1.98. The van der Waals surface area contributed by atoms with Gasteiger partial charge in [0.2, 0.25) is 0 Å². The van der Waals surface area contributed by atoms with Crippen molar-refractivity contribution in [1.29, 1.82) is 0 Å². The predicted molar refractivity (Wildman–Crippen MR) is 121 cm³/mol. The fraction of sp³-hybridized carbons (Fsp3) is 0.0435. The van der Waals surface area contributed by atoms with Crippen molar-refractivity contribution in [2.75, 3.05) is 5.73 Å². The summed E-state index contributed by atoms with van der Waals surface area (Å²) in [5.74, 6) is 0.864. The molecule has 0 spiro atoms. The Bertz CT molecular complexity index is 1390. The van der Waals surface area contributed by atoms with Crippen LogP contribution < -0.4 is 5.73 Å². The van der Waals surface area contributed by atoms with Crippen molar-refractivity contribution < 1.29 is 4.42 Å². The molecule has 0 aliphatic carbocycles. The quantitative estimate of drug-likeness (QED) is 0.325. The van der Waals surface area contributed by atoms with Gasteiger partial charge in [-0.25, -0.2) is 9.50 Å². The van der Waals surface area contributed by atoms with E-state index in [4.69, 9.17) is 26.7 Å². The van der Waals surface area contributed by atoms with E-state index in [9.17, 15) is 0 Å². The fourth-order valence-corrected chi connectivity index (χ4v) is 3.33. The Labute approximate surface area is 182 Å². The molecule has 5 rings (SSSR count). The van der Waals surface area contributed by atoms with E-state index in [2.05, 4.69) is 15.3 Å². The lowest BCUT2D eigenvalue weighted by molar-refractivity contribution is 0.577. The third-order valence-electron chi connectivity index (χ3n) is 4.80. The minimum atomic E-state index is 0.221. The Morgan fingerprint density at radius 3 is 2.48 bits per heavy atom. The largest absolute Gasteiger partial charge is 0.463 e. The molecule has 0 atom stereocenters. The molecule has 0 aliphatic rings. The lowest BCUT2D eigenvalue weighted by Gasteiger charge is -2.07. The lowest BCUT2D eigenvalue weighted by atomic mass is 10.1. The Morgan fingerprint density at radius 1 is 1.00 bits per heavy atom. The van der Waals surface area contributed by atoms with Gasteiger partial charge in [0.1, 0.15) is 5.69 Å². The smallest absolute Gasteiger partial charge is 0.186 e. The molecular formula is C23H17ClN6O. The number of nitrogens with zero attached hydrogens (tertiary/aromatic N) is 5. The first-order valence-electron chi connectivity index (χ1n) is 9.56. The van der Waals surface area contributed by atoms with E-state index < -0.39 is 0 Å². The van der Waals surface area contributed by atoms with Crippen LogP contribution in [0.1, 0.15) is 5.56 Å². The van der Waals surface area contributed by atoms with Crippen LogP contribution in [0.5, 0.6) is 0 Å². The van der Waals surface area contributed by atoms with Crippen LogP contribution >= 0.6 is 11.6 Å². The molecule has 7 nitrogen and oxygen atoms in total. The summed E-state index contributed by atoms with van der Waals surface area (Å²) in [6.45, 7) is 2.04. The standard InChI is InChI=1S/C23H17ClN6O/c1-14-4-6-15(7-5-14)18-13-19(20-3-2-12-31-20)30-23(26-18)21(22(25)29-30)28-27-17-10-8-16(24)9-11-17/h2-13H,1H3,(H2,25,29). The number of azo groups is 1. The van der Waals surface area contributed by atoms with Crippen molar-refractivity contribution >= 4 is 34.4 Å². The average Bonchev–Trinajstić information content (AvgIpc) is 3.41. The van der Waals surface area contributed by atoms with Crippen molar-refractivity contribution in [2.45, 2.75) is 6.92 Å². The summed E-state index contributed by atoms with van der Waals surface area (Å²) in [6, 6.07) is 20.8. The van der Waals surface area contributed by atoms with Gasteiger partial charge in [0.05, 0.1) is 17.6 Å². The number of rotatable bonds is 4. The van der Waals surface area contributed by atoms with E-state index in [1.807, 2.05) is 49.4 Å². The molecule has 5 aromatic rings. The van der Waals surface area contributed by atoms with Gasteiger partial charge < -0.3 is 10.2 Å². The average molecular weight is 429 g/mol. The van der Waals surface area contributed by atoms with Gasteiger partial charge in [0.15, 0.2) is 22.9 Å². The second-order valence-corrected chi connectivity index (χ2v) is 7.45. The highest BCUT2D eigenvalue weighted by molar-refractivity contribution is 6.30. The second kappa shape index (κ2) is 7.70. The summed E-state index contributed by atoms with van der Waals surface area (Å²) >= 11 is 5.94. The monoisotopic (exact) mass is 428 g/mol. The Hall–Kier alpha value is -3.97. The van der Waals surface area contributed by atoms with Crippen molar-refractivity contribution in [1.82, 2.24) is 14.6 Å². The third-order valence-corrected chi connectivity index (χ3v) is 5.06. The molecule has 0 saturated carbocycles. The molecule has 0 saturated heterocycles. The predicted octanol–water partition coefficient (Wildman–Crippen LogP) is 6.62. The number of halogens is 1. The molecule has 8 heteroatoms. The summed E-state index contributed by atoms with van der Waals surface area (Å²) in [7, 11) is 0. The summed E-state index contributed by atoms with van der Waals surface area (Å²) in [4.78, 5) is 4.80. The van der Waals surface area contributed by atoms with Gasteiger partial charge in [0, 0.05) is 10.6 Å². The first kappa shape index (κ1) is 19.0. The van der Waals surface area contributed by atoms with Crippen LogP contribution in [0.2, 0.25) is 5.02 Å². The minimum absolute atomic E-state index is 0.221. The highest BCUT2D eigenvalue weighted by Gasteiger charge is 2.19. The number of hydrogen-bond donors (Lipinski definition) is 1. The van der Waals surface area contributed by atoms with E-state index in [1.54, 1.807) is 35.0 Å². The van der Waals surface area contributed by atoms with Gasteiger partial charge in [-0.1, -0.05) is 41.4 Å². The molecule has 0 unspecified atom stereocenters. The molecule has 0 aliphatic heterocycles. The van der Waals surface area contributed by atoms with Gasteiger partial charge in [-0.2, -0.15) is 5.11 Å². The fourth-order valence-electron chi connectivity index (χ4n) is 3.21. The van der Waals surface area contributed by atoms with Gasteiger partial charge in [-0.3, -0.25) is 0 Å². The van der Waals surface area contributed by atoms with Gasteiger partial charge in [-0.05, 0) is 49.4 Å². The molecule has 3 heterocycles. The molecule has 152 valence electrons. The van der Waals surface area contributed by atoms with Crippen molar-refractivity contribution in [3.63, 3.8) is 0 Å². The Morgan fingerprint density at radius 2 is 1.77 bits per heavy atom. The van der Waals surface area contributed by atoms with Gasteiger partial charge in [-0.15, -0.1) is 10.2 Å². The maximum absolute atomic E-state index is 6.20. The Balaban J connectivity index is 1.70. The van der Waals surface area contributed by atoms with Crippen molar-refractivity contribution in [3.8, 4) is 22.7 Å². The van der Waals surface area contributed by atoms with Crippen LogP contribution in [-0.4, -0.2) is 14.6 Å². The number of benzene rings is 2. The van der Waals surface area contributed by atoms with Gasteiger partial charge >= 0.3 is 0 Å². The maximum Gasteiger partial charge on any atom is 0.186 e. The SMILES string of the molecule is Cc1ccc(-c2cc(-c3ccco3)n3nc(N)c(N=Nc4ccc(Cl)cc4)c3n2)cc1. The van der Waals surface area contributed by atoms with E-state index in [-0.39, 0.29) is 5.82 Å². The van der Waals surface area contributed by atoms with Crippen LogP contribution in [0.3, 0.4) is 0 Å². The molecular weight excluding hydrogens is 412 g/mol. The highest BCUT2D eigenvalue weighted by atomic mass is 35.5. The highest BCUT2D eigenvalue weighted by Crippen LogP contribution is 2.34. The third kappa shape index (κ3) is 3.67. The summed E-state index contributed by atoms with van der Waals surface area (Å²) in [5.41, 5.74) is 11.3. The van der Waals surface area contributed by atoms with E-state index >= 15 is 0 Å². The minimum Gasteiger partial charge on any atom is -0.463 e. The van der Waals surface area contributed by atoms with Crippen LogP contribution in [0.4, 0.5) is 17.2 Å². The van der Waals surface area contributed by atoms with Crippen LogP contribution in [-0.2, 0) is 0 Å². The molecule has 2 aromatic carbocycles. The van der Waals surface area contributed by atoms with Crippen LogP contribution in [0.25, 0.3) is 28.4 Å². The number of aromatic nitrogens is 3. The molecule has 31 heavy (non-hydrogen) atoms. The van der Waals surface area contributed by atoms with Crippen molar-refractivity contribution in [2.24, 2.45) is 10.2 Å². The van der Waals surface area contributed by atoms with E-state index in [1.165, 1.54) is 5.56 Å². The number of fused-ring (bicyclic) bond motifs is 1.